The van der Waals surface area contributed by atoms with E-state index in [9.17, 15) is 4.79 Å². The van der Waals surface area contributed by atoms with Crippen molar-refractivity contribution in [3.63, 3.8) is 0 Å². The van der Waals surface area contributed by atoms with Crippen LogP contribution in [0.4, 0.5) is 0 Å². The van der Waals surface area contributed by atoms with Crippen LogP contribution < -0.4 is 5.73 Å². The Labute approximate surface area is 130 Å². The fourth-order valence-electron chi connectivity index (χ4n) is 3.39. The van der Waals surface area contributed by atoms with Gasteiger partial charge in [0, 0.05) is 19.5 Å². The van der Waals surface area contributed by atoms with Crippen LogP contribution in [0.15, 0.2) is 0 Å². The van der Waals surface area contributed by atoms with Crippen LogP contribution in [-0.2, 0) is 4.79 Å². The molecule has 3 nitrogen and oxygen atoms in total. The van der Waals surface area contributed by atoms with E-state index in [2.05, 4.69) is 11.8 Å². The Balaban J connectivity index is 0.00000200. The monoisotopic (exact) mass is 302 g/mol. The molecular weight excluding hydrogens is 272 g/mol. The van der Waals surface area contributed by atoms with E-state index in [4.69, 9.17) is 5.73 Å². The molecule has 2 N–H and O–H groups in total. The van der Waals surface area contributed by atoms with Gasteiger partial charge in [-0.1, -0.05) is 26.2 Å². The molecule has 2 rings (SSSR count). The second kappa shape index (κ2) is 8.23. The minimum atomic E-state index is 0. The van der Waals surface area contributed by atoms with Gasteiger partial charge in [0.15, 0.2) is 0 Å². The van der Waals surface area contributed by atoms with Crippen molar-refractivity contribution in [3.05, 3.63) is 0 Å². The lowest BCUT2D eigenvalue weighted by molar-refractivity contribution is -0.134. The Hall–Kier alpha value is -0.280. The highest BCUT2D eigenvalue weighted by Crippen LogP contribution is 2.39. The van der Waals surface area contributed by atoms with Crippen LogP contribution in [0.25, 0.3) is 0 Å². The lowest BCUT2D eigenvalue weighted by atomic mass is 9.71. The normalized spacial score (nSPS) is 21.1. The van der Waals surface area contributed by atoms with E-state index in [0.29, 0.717) is 18.9 Å². The molecule has 0 atom stereocenters. The average Bonchev–Trinajstić information content (AvgIpc) is 3.23. The molecule has 118 valence electrons. The van der Waals surface area contributed by atoms with Crippen molar-refractivity contribution in [1.29, 1.82) is 0 Å². The standard InChI is InChI=1S/C16H30N2O.ClH/c1-2-10-18(12-14-6-7-14)15(19)11-16(13-17)8-4-3-5-9-16;/h14H,2-13,17H2,1H3;1H. The Morgan fingerprint density at radius 1 is 1.25 bits per heavy atom. The van der Waals surface area contributed by atoms with Gasteiger partial charge < -0.3 is 10.6 Å². The van der Waals surface area contributed by atoms with E-state index in [1.165, 1.54) is 32.1 Å². The summed E-state index contributed by atoms with van der Waals surface area (Å²) in [5.74, 6) is 1.15. The molecule has 0 saturated heterocycles. The molecule has 4 heteroatoms. The molecule has 20 heavy (non-hydrogen) atoms. The van der Waals surface area contributed by atoms with E-state index in [1.807, 2.05) is 0 Å². The highest BCUT2D eigenvalue weighted by atomic mass is 35.5. The predicted octanol–water partition coefficient (Wildman–Crippen LogP) is 3.36. The lowest BCUT2D eigenvalue weighted by Gasteiger charge is -2.37. The van der Waals surface area contributed by atoms with Gasteiger partial charge in [-0.15, -0.1) is 12.4 Å². The first-order chi connectivity index (χ1) is 9.19. The summed E-state index contributed by atoms with van der Waals surface area (Å²) in [6.07, 6.45) is 10.5. The zero-order valence-electron chi connectivity index (χ0n) is 12.9. The van der Waals surface area contributed by atoms with Gasteiger partial charge in [0.2, 0.25) is 5.91 Å². The number of rotatable bonds is 7. The van der Waals surface area contributed by atoms with Crippen LogP contribution in [-0.4, -0.2) is 30.4 Å². The van der Waals surface area contributed by atoms with Gasteiger partial charge in [-0.05, 0) is 50.0 Å². The van der Waals surface area contributed by atoms with Crippen molar-refractivity contribution in [3.8, 4) is 0 Å². The number of hydrogen-bond acceptors (Lipinski definition) is 2. The SMILES string of the molecule is CCCN(CC1CC1)C(=O)CC1(CN)CCCCC1.Cl. The van der Waals surface area contributed by atoms with E-state index < -0.39 is 0 Å². The fourth-order valence-corrected chi connectivity index (χ4v) is 3.39. The highest BCUT2D eigenvalue weighted by Gasteiger charge is 2.35. The molecule has 2 aliphatic carbocycles. The third-order valence-electron chi connectivity index (χ3n) is 4.90. The van der Waals surface area contributed by atoms with Gasteiger partial charge in [0.05, 0.1) is 0 Å². The molecule has 0 bridgehead atoms. The Morgan fingerprint density at radius 2 is 1.90 bits per heavy atom. The molecule has 0 aliphatic heterocycles. The Bertz CT molecular complexity index is 299. The van der Waals surface area contributed by atoms with E-state index in [1.54, 1.807) is 0 Å². The number of nitrogens with two attached hydrogens (primary N) is 1. The predicted molar refractivity (Wildman–Crippen MR) is 86.0 cm³/mol. The Morgan fingerprint density at radius 3 is 2.40 bits per heavy atom. The van der Waals surface area contributed by atoms with Crippen molar-refractivity contribution in [1.82, 2.24) is 4.90 Å². The molecule has 0 spiro atoms. The lowest BCUT2D eigenvalue weighted by Crippen LogP contribution is -2.41. The number of amides is 1. The summed E-state index contributed by atoms with van der Waals surface area (Å²) in [6, 6.07) is 0. The zero-order chi connectivity index (χ0) is 13.7. The molecule has 1 amide bonds. The molecule has 2 saturated carbocycles. The van der Waals surface area contributed by atoms with E-state index in [0.717, 1.165) is 38.3 Å². The highest BCUT2D eigenvalue weighted by molar-refractivity contribution is 5.85. The number of nitrogens with zero attached hydrogens (tertiary/aromatic N) is 1. The van der Waals surface area contributed by atoms with Crippen LogP contribution in [0.3, 0.4) is 0 Å². The van der Waals surface area contributed by atoms with Gasteiger partial charge in [0.1, 0.15) is 0 Å². The third kappa shape index (κ3) is 4.92. The maximum Gasteiger partial charge on any atom is 0.223 e. The number of carbonyl (C=O) groups is 1. The Kier molecular flexibility index (Phi) is 7.32. The number of hydrogen-bond donors (Lipinski definition) is 1. The molecule has 2 aliphatic rings. The third-order valence-corrected chi connectivity index (χ3v) is 4.90. The minimum absolute atomic E-state index is 0. The largest absolute Gasteiger partial charge is 0.342 e. The average molecular weight is 303 g/mol. The quantitative estimate of drug-likeness (QED) is 0.784. The molecule has 0 aromatic rings. The first-order valence-corrected chi connectivity index (χ1v) is 8.17. The maximum atomic E-state index is 12.6. The van der Waals surface area contributed by atoms with Crippen molar-refractivity contribution >= 4 is 18.3 Å². The van der Waals surface area contributed by atoms with Crippen molar-refractivity contribution in [2.75, 3.05) is 19.6 Å². The zero-order valence-corrected chi connectivity index (χ0v) is 13.7. The van der Waals surface area contributed by atoms with E-state index in [-0.39, 0.29) is 17.8 Å². The van der Waals surface area contributed by atoms with Crippen molar-refractivity contribution in [2.24, 2.45) is 17.1 Å². The second-order valence-corrected chi connectivity index (χ2v) is 6.72. The van der Waals surface area contributed by atoms with Gasteiger partial charge in [0.25, 0.3) is 0 Å². The van der Waals surface area contributed by atoms with Gasteiger partial charge in [-0.3, -0.25) is 4.79 Å². The molecule has 0 unspecified atom stereocenters. The fraction of sp³-hybridized carbons (Fsp3) is 0.938. The van der Waals surface area contributed by atoms with Crippen molar-refractivity contribution < 1.29 is 4.79 Å². The smallest absolute Gasteiger partial charge is 0.223 e. The minimum Gasteiger partial charge on any atom is -0.342 e. The molecule has 0 aromatic carbocycles. The molecule has 0 radical (unpaired) electrons. The summed E-state index contributed by atoms with van der Waals surface area (Å²) in [6.45, 7) is 4.76. The number of carbonyl (C=O) groups excluding carboxylic acids is 1. The number of halogens is 1. The maximum absolute atomic E-state index is 12.6. The van der Waals surface area contributed by atoms with Gasteiger partial charge >= 0.3 is 0 Å². The first-order valence-electron chi connectivity index (χ1n) is 8.17. The summed E-state index contributed by atoms with van der Waals surface area (Å²) in [7, 11) is 0. The molecule has 2 fully saturated rings. The van der Waals surface area contributed by atoms with Crippen LogP contribution in [0, 0.1) is 11.3 Å². The topological polar surface area (TPSA) is 46.3 Å². The summed E-state index contributed by atoms with van der Waals surface area (Å²) >= 11 is 0. The summed E-state index contributed by atoms with van der Waals surface area (Å²) < 4.78 is 0. The second-order valence-electron chi connectivity index (χ2n) is 6.72. The summed E-state index contributed by atoms with van der Waals surface area (Å²) in [5, 5.41) is 0. The van der Waals surface area contributed by atoms with Crippen LogP contribution in [0.2, 0.25) is 0 Å². The van der Waals surface area contributed by atoms with E-state index >= 15 is 0 Å². The van der Waals surface area contributed by atoms with Gasteiger partial charge in [-0.25, -0.2) is 0 Å². The molecule has 0 aromatic heterocycles. The van der Waals surface area contributed by atoms with Crippen LogP contribution in [0.5, 0.6) is 0 Å². The van der Waals surface area contributed by atoms with Crippen LogP contribution >= 0.6 is 12.4 Å². The molecular formula is C16H31ClN2O. The van der Waals surface area contributed by atoms with Crippen LogP contribution in [0.1, 0.15) is 64.7 Å². The molecule has 0 heterocycles. The van der Waals surface area contributed by atoms with Crippen molar-refractivity contribution in [2.45, 2.75) is 64.7 Å². The van der Waals surface area contributed by atoms with Gasteiger partial charge in [-0.2, -0.15) is 0 Å². The summed E-state index contributed by atoms with van der Waals surface area (Å²) in [5.41, 5.74) is 6.12. The first kappa shape index (κ1) is 17.8. The summed E-state index contributed by atoms with van der Waals surface area (Å²) in [4.78, 5) is 14.7.